The highest BCUT2D eigenvalue weighted by Gasteiger charge is 2.29. The van der Waals surface area contributed by atoms with Crippen LogP contribution in [0, 0.1) is 0 Å². The van der Waals surface area contributed by atoms with Crippen LogP contribution in [0.2, 0.25) is 0 Å². The zero-order valence-electron chi connectivity index (χ0n) is 10.2. The molecule has 0 unspecified atom stereocenters. The van der Waals surface area contributed by atoms with Crippen LogP contribution >= 0.6 is 0 Å². The van der Waals surface area contributed by atoms with Crippen LogP contribution in [0.5, 0.6) is 0 Å². The number of rotatable bonds is 3. The van der Waals surface area contributed by atoms with E-state index in [1.165, 1.54) is 18.3 Å². The monoisotopic (exact) mass is 281 g/mol. The molecule has 1 aromatic carbocycles. The van der Waals surface area contributed by atoms with E-state index in [1.54, 1.807) is 12.1 Å². The zero-order valence-corrected chi connectivity index (χ0v) is 10.2. The Bertz CT molecular complexity index is 604. The number of carbonyl (C=O) groups is 1. The Morgan fingerprint density at radius 1 is 1.10 bits per heavy atom. The second-order valence-corrected chi connectivity index (χ2v) is 4.20. The van der Waals surface area contributed by atoms with Gasteiger partial charge in [-0.25, -0.2) is 0 Å². The van der Waals surface area contributed by atoms with Crippen molar-refractivity contribution < 1.29 is 23.1 Å². The average molecular weight is 281 g/mol. The maximum Gasteiger partial charge on any atom is 0.416 e. The Balaban J connectivity index is 2.21. The number of halogens is 3. The third-order valence-electron chi connectivity index (χ3n) is 2.69. The van der Waals surface area contributed by atoms with Gasteiger partial charge in [-0.15, -0.1) is 0 Å². The molecule has 0 aliphatic heterocycles. The number of carboxylic acids is 1. The van der Waals surface area contributed by atoms with Gasteiger partial charge in [0, 0.05) is 11.8 Å². The minimum Gasteiger partial charge on any atom is -0.481 e. The molecule has 1 heterocycles. The lowest BCUT2D eigenvalue weighted by Gasteiger charge is -2.07. The maximum absolute atomic E-state index is 12.4. The number of aliphatic carboxylic acids is 1. The predicted molar refractivity (Wildman–Crippen MR) is 66.0 cm³/mol. The molecule has 0 aliphatic carbocycles. The lowest BCUT2D eigenvalue weighted by molar-refractivity contribution is -0.138. The van der Waals surface area contributed by atoms with Crippen molar-refractivity contribution in [1.29, 1.82) is 0 Å². The van der Waals surface area contributed by atoms with Crippen molar-refractivity contribution >= 4 is 5.97 Å². The fraction of sp³-hybridized carbons (Fsp3) is 0.143. The Labute approximate surface area is 112 Å². The number of hydrogen-bond donors (Lipinski definition) is 1. The van der Waals surface area contributed by atoms with E-state index in [0.29, 0.717) is 16.8 Å². The summed E-state index contributed by atoms with van der Waals surface area (Å²) >= 11 is 0. The van der Waals surface area contributed by atoms with Gasteiger partial charge in [-0.1, -0.05) is 18.2 Å². The van der Waals surface area contributed by atoms with Gasteiger partial charge < -0.3 is 5.11 Å². The van der Waals surface area contributed by atoms with Crippen LogP contribution in [0.3, 0.4) is 0 Å². The van der Waals surface area contributed by atoms with E-state index in [1.807, 2.05) is 0 Å². The summed E-state index contributed by atoms with van der Waals surface area (Å²) in [7, 11) is 0. The van der Waals surface area contributed by atoms with Crippen molar-refractivity contribution in [2.45, 2.75) is 12.6 Å². The minimum atomic E-state index is -4.36. The van der Waals surface area contributed by atoms with Crippen LogP contribution in [0.1, 0.15) is 11.1 Å². The first-order valence-corrected chi connectivity index (χ1v) is 5.70. The summed E-state index contributed by atoms with van der Waals surface area (Å²) in [5.74, 6) is -0.964. The second kappa shape index (κ2) is 5.32. The van der Waals surface area contributed by atoms with Gasteiger partial charge in [0.05, 0.1) is 17.7 Å². The third-order valence-corrected chi connectivity index (χ3v) is 2.69. The number of carboxylic acid groups (broad SMARTS) is 1. The number of aromatic nitrogens is 1. The Morgan fingerprint density at radius 3 is 2.20 bits per heavy atom. The Morgan fingerprint density at radius 2 is 1.75 bits per heavy atom. The lowest BCUT2D eigenvalue weighted by atomic mass is 10.1. The summed E-state index contributed by atoms with van der Waals surface area (Å²) in [6.45, 7) is 0. The number of hydrogen-bond acceptors (Lipinski definition) is 2. The zero-order chi connectivity index (χ0) is 14.8. The molecule has 0 saturated carbocycles. The molecule has 2 rings (SSSR count). The molecule has 104 valence electrons. The van der Waals surface area contributed by atoms with Crippen molar-refractivity contribution in [1.82, 2.24) is 4.98 Å². The van der Waals surface area contributed by atoms with Crippen molar-refractivity contribution in [3.63, 3.8) is 0 Å². The molecule has 6 heteroatoms. The molecule has 0 atom stereocenters. The quantitative estimate of drug-likeness (QED) is 0.938. The topological polar surface area (TPSA) is 50.2 Å². The number of alkyl halides is 3. The smallest absolute Gasteiger partial charge is 0.416 e. The van der Waals surface area contributed by atoms with Gasteiger partial charge in [0.2, 0.25) is 0 Å². The molecule has 1 N–H and O–H groups in total. The fourth-order valence-corrected chi connectivity index (χ4v) is 1.70. The molecule has 2 aromatic rings. The Kier molecular flexibility index (Phi) is 3.74. The summed E-state index contributed by atoms with van der Waals surface area (Å²) in [5, 5.41) is 8.63. The molecule has 3 nitrogen and oxygen atoms in total. The van der Waals surface area contributed by atoms with Crippen LogP contribution in [0.15, 0.2) is 42.6 Å². The van der Waals surface area contributed by atoms with Crippen LogP contribution < -0.4 is 0 Å². The molecule has 0 fully saturated rings. The summed E-state index contributed by atoms with van der Waals surface area (Å²) in [5.41, 5.74) is 0.852. The molecule has 0 bridgehead atoms. The van der Waals surface area contributed by atoms with Crippen LogP contribution in [-0.4, -0.2) is 16.1 Å². The van der Waals surface area contributed by atoms with Crippen molar-refractivity contribution in [2.75, 3.05) is 0 Å². The summed E-state index contributed by atoms with van der Waals surface area (Å²) < 4.78 is 37.3. The van der Waals surface area contributed by atoms with Gasteiger partial charge in [0.25, 0.3) is 0 Å². The lowest BCUT2D eigenvalue weighted by Crippen LogP contribution is -2.04. The number of benzene rings is 1. The summed E-state index contributed by atoms with van der Waals surface area (Å²) in [4.78, 5) is 14.6. The number of pyridine rings is 1. The first-order valence-electron chi connectivity index (χ1n) is 5.70. The molecule has 0 radical (unpaired) electrons. The first kappa shape index (κ1) is 14.0. The van der Waals surface area contributed by atoms with E-state index in [2.05, 4.69) is 4.98 Å². The highest BCUT2D eigenvalue weighted by atomic mass is 19.4. The van der Waals surface area contributed by atoms with E-state index < -0.39 is 17.7 Å². The van der Waals surface area contributed by atoms with Gasteiger partial charge in [-0.3, -0.25) is 9.78 Å². The standard InChI is InChI=1S/C14H10F3NO2/c15-14(16,17)11-4-2-10(3-5-11)12-6-1-9(8-18-12)7-13(19)20/h1-6,8H,7H2,(H,19,20). The van der Waals surface area contributed by atoms with E-state index in [9.17, 15) is 18.0 Å². The molecule has 0 aliphatic rings. The largest absolute Gasteiger partial charge is 0.481 e. The second-order valence-electron chi connectivity index (χ2n) is 4.20. The van der Waals surface area contributed by atoms with Crippen molar-refractivity contribution in [3.05, 3.63) is 53.7 Å². The van der Waals surface area contributed by atoms with Crippen LogP contribution in [0.4, 0.5) is 13.2 Å². The van der Waals surface area contributed by atoms with E-state index in [0.717, 1.165) is 12.1 Å². The predicted octanol–water partition coefficient (Wildman–Crippen LogP) is 3.39. The first-order chi connectivity index (χ1) is 9.36. The van der Waals surface area contributed by atoms with E-state index in [-0.39, 0.29) is 6.42 Å². The SMILES string of the molecule is O=C(O)Cc1ccc(-c2ccc(C(F)(F)F)cc2)nc1. The van der Waals surface area contributed by atoms with Crippen LogP contribution in [0.25, 0.3) is 11.3 Å². The van der Waals surface area contributed by atoms with Crippen molar-refractivity contribution in [2.24, 2.45) is 0 Å². The molecule has 0 spiro atoms. The molecular formula is C14H10F3NO2. The third kappa shape index (κ3) is 3.34. The molecular weight excluding hydrogens is 271 g/mol. The fourth-order valence-electron chi connectivity index (χ4n) is 1.70. The summed E-state index contributed by atoms with van der Waals surface area (Å²) in [6, 6.07) is 7.82. The van der Waals surface area contributed by atoms with Gasteiger partial charge in [-0.2, -0.15) is 13.2 Å². The van der Waals surface area contributed by atoms with E-state index in [4.69, 9.17) is 5.11 Å². The molecule has 20 heavy (non-hydrogen) atoms. The summed E-state index contributed by atoms with van der Waals surface area (Å²) in [6.07, 6.45) is -3.10. The van der Waals surface area contributed by atoms with Gasteiger partial charge >= 0.3 is 12.1 Å². The normalized spacial score (nSPS) is 11.3. The highest BCUT2D eigenvalue weighted by molar-refractivity contribution is 5.70. The van der Waals surface area contributed by atoms with Gasteiger partial charge in [0.1, 0.15) is 0 Å². The Hall–Kier alpha value is -2.37. The average Bonchev–Trinajstić information content (AvgIpc) is 2.38. The van der Waals surface area contributed by atoms with Gasteiger partial charge in [-0.05, 0) is 23.8 Å². The molecule has 1 aromatic heterocycles. The molecule has 0 saturated heterocycles. The number of nitrogens with zero attached hydrogens (tertiary/aromatic N) is 1. The maximum atomic E-state index is 12.4. The highest BCUT2D eigenvalue weighted by Crippen LogP contribution is 2.30. The van der Waals surface area contributed by atoms with Crippen LogP contribution in [-0.2, 0) is 17.4 Å². The van der Waals surface area contributed by atoms with E-state index >= 15 is 0 Å². The van der Waals surface area contributed by atoms with Gasteiger partial charge in [0.15, 0.2) is 0 Å². The van der Waals surface area contributed by atoms with Crippen molar-refractivity contribution in [3.8, 4) is 11.3 Å². The minimum absolute atomic E-state index is 0.139. The molecule has 0 amide bonds.